The molecule has 0 saturated carbocycles. The average Bonchev–Trinajstić information content (AvgIpc) is 2.68. The summed E-state index contributed by atoms with van der Waals surface area (Å²) >= 11 is 0. The molecule has 94 valence electrons. The second kappa shape index (κ2) is 5.12. The third-order valence-corrected chi connectivity index (χ3v) is 5.05. The summed E-state index contributed by atoms with van der Waals surface area (Å²) in [5.74, 6) is 6.16. The SMILES string of the molecule is NNC(Cc1ccncc1)C1CCS(=O)(=O)C1. The molecule has 5 nitrogen and oxygen atoms in total. The first-order valence-electron chi connectivity index (χ1n) is 5.66. The zero-order chi connectivity index (χ0) is 12.3. The van der Waals surface area contributed by atoms with E-state index in [9.17, 15) is 8.42 Å². The van der Waals surface area contributed by atoms with Gasteiger partial charge in [0, 0.05) is 18.4 Å². The van der Waals surface area contributed by atoms with Crippen molar-refractivity contribution in [1.82, 2.24) is 10.4 Å². The van der Waals surface area contributed by atoms with E-state index in [0.717, 1.165) is 12.0 Å². The molecule has 0 aromatic carbocycles. The van der Waals surface area contributed by atoms with Crippen LogP contribution in [0, 0.1) is 5.92 Å². The molecule has 1 saturated heterocycles. The summed E-state index contributed by atoms with van der Waals surface area (Å²) in [7, 11) is -2.85. The third kappa shape index (κ3) is 3.24. The van der Waals surface area contributed by atoms with Crippen LogP contribution in [-0.4, -0.2) is 30.9 Å². The standard InChI is InChI=1S/C11H17N3O2S/c12-14-11(7-9-1-4-13-5-2-9)10-3-6-17(15,16)8-10/h1-2,4-5,10-11,14H,3,6-8,12H2. The average molecular weight is 255 g/mol. The lowest BCUT2D eigenvalue weighted by atomic mass is 9.94. The Bertz CT molecular complexity index is 461. The van der Waals surface area contributed by atoms with Gasteiger partial charge in [0.15, 0.2) is 9.84 Å². The summed E-state index contributed by atoms with van der Waals surface area (Å²) in [6.07, 6.45) is 4.89. The van der Waals surface area contributed by atoms with Crippen LogP contribution in [-0.2, 0) is 16.3 Å². The Morgan fingerprint density at radius 2 is 2.18 bits per heavy atom. The van der Waals surface area contributed by atoms with Crippen molar-refractivity contribution in [3.05, 3.63) is 30.1 Å². The second-order valence-electron chi connectivity index (χ2n) is 4.50. The van der Waals surface area contributed by atoms with Crippen molar-refractivity contribution >= 4 is 9.84 Å². The van der Waals surface area contributed by atoms with E-state index in [2.05, 4.69) is 10.4 Å². The highest BCUT2D eigenvalue weighted by atomic mass is 32.2. The lowest BCUT2D eigenvalue weighted by Gasteiger charge is -2.21. The van der Waals surface area contributed by atoms with Crippen LogP contribution in [0.2, 0.25) is 0 Å². The molecule has 0 bridgehead atoms. The maximum Gasteiger partial charge on any atom is 0.150 e. The van der Waals surface area contributed by atoms with E-state index >= 15 is 0 Å². The molecule has 1 aliphatic heterocycles. The number of nitrogens with two attached hydrogens (primary N) is 1. The highest BCUT2D eigenvalue weighted by Crippen LogP contribution is 2.23. The fourth-order valence-corrected chi connectivity index (χ4v) is 4.16. The van der Waals surface area contributed by atoms with Gasteiger partial charge in [0.2, 0.25) is 0 Å². The van der Waals surface area contributed by atoms with Crippen molar-refractivity contribution in [2.45, 2.75) is 18.9 Å². The Morgan fingerprint density at radius 3 is 2.71 bits per heavy atom. The lowest BCUT2D eigenvalue weighted by molar-refractivity contribution is 0.385. The van der Waals surface area contributed by atoms with E-state index < -0.39 is 9.84 Å². The van der Waals surface area contributed by atoms with Crippen molar-refractivity contribution in [2.75, 3.05) is 11.5 Å². The van der Waals surface area contributed by atoms with Gasteiger partial charge in [-0.1, -0.05) is 0 Å². The maximum atomic E-state index is 11.4. The topological polar surface area (TPSA) is 85.1 Å². The normalized spacial score (nSPS) is 24.6. The Labute approximate surface area is 101 Å². The summed E-state index contributed by atoms with van der Waals surface area (Å²) in [5, 5.41) is 0. The van der Waals surface area contributed by atoms with Crippen LogP contribution >= 0.6 is 0 Å². The summed E-state index contributed by atoms with van der Waals surface area (Å²) in [6, 6.07) is 3.86. The first-order valence-corrected chi connectivity index (χ1v) is 7.48. The number of sulfone groups is 1. The monoisotopic (exact) mass is 255 g/mol. The van der Waals surface area contributed by atoms with Crippen molar-refractivity contribution in [3.63, 3.8) is 0 Å². The highest BCUT2D eigenvalue weighted by Gasteiger charge is 2.33. The zero-order valence-electron chi connectivity index (χ0n) is 9.54. The number of hydrogen-bond donors (Lipinski definition) is 2. The first-order chi connectivity index (χ1) is 8.11. The van der Waals surface area contributed by atoms with Gasteiger partial charge in [-0.25, -0.2) is 8.42 Å². The minimum atomic E-state index is -2.85. The second-order valence-corrected chi connectivity index (χ2v) is 6.72. The predicted molar refractivity (Wildman–Crippen MR) is 65.8 cm³/mol. The molecule has 0 amide bonds. The Morgan fingerprint density at radius 1 is 1.47 bits per heavy atom. The molecule has 2 atom stereocenters. The van der Waals surface area contributed by atoms with Crippen molar-refractivity contribution in [2.24, 2.45) is 11.8 Å². The molecule has 2 heterocycles. The number of pyridine rings is 1. The Kier molecular flexibility index (Phi) is 3.76. The zero-order valence-corrected chi connectivity index (χ0v) is 10.4. The molecular formula is C11H17N3O2S. The lowest BCUT2D eigenvalue weighted by Crippen LogP contribution is -2.43. The predicted octanol–water partition coefficient (Wildman–Crippen LogP) is -0.109. The fourth-order valence-electron chi connectivity index (χ4n) is 2.28. The number of nitrogens with one attached hydrogen (secondary N) is 1. The molecule has 2 unspecified atom stereocenters. The van der Waals surface area contributed by atoms with Gasteiger partial charge in [0.05, 0.1) is 11.5 Å². The maximum absolute atomic E-state index is 11.4. The van der Waals surface area contributed by atoms with Gasteiger partial charge < -0.3 is 0 Å². The number of nitrogens with zero attached hydrogens (tertiary/aromatic N) is 1. The van der Waals surface area contributed by atoms with Crippen LogP contribution in [0.3, 0.4) is 0 Å². The smallest absolute Gasteiger partial charge is 0.150 e. The Hall–Kier alpha value is -0.980. The van der Waals surface area contributed by atoms with Crippen LogP contribution in [0.1, 0.15) is 12.0 Å². The summed E-state index contributed by atoms with van der Waals surface area (Å²) < 4.78 is 22.9. The number of hydrogen-bond acceptors (Lipinski definition) is 5. The minimum absolute atomic E-state index is 0.00896. The van der Waals surface area contributed by atoms with Gasteiger partial charge in [-0.05, 0) is 36.5 Å². The van der Waals surface area contributed by atoms with Crippen molar-refractivity contribution in [1.29, 1.82) is 0 Å². The van der Waals surface area contributed by atoms with Crippen LogP contribution in [0.4, 0.5) is 0 Å². The molecule has 0 radical (unpaired) electrons. The van der Waals surface area contributed by atoms with Gasteiger partial charge in [-0.2, -0.15) is 0 Å². The summed E-state index contributed by atoms with van der Waals surface area (Å²) in [6.45, 7) is 0. The van der Waals surface area contributed by atoms with Gasteiger partial charge in [-0.15, -0.1) is 0 Å². The van der Waals surface area contributed by atoms with Gasteiger partial charge >= 0.3 is 0 Å². The third-order valence-electron chi connectivity index (χ3n) is 3.26. The summed E-state index contributed by atoms with van der Waals surface area (Å²) in [4.78, 5) is 3.95. The van der Waals surface area contributed by atoms with Crippen LogP contribution in [0.25, 0.3) is 0 Å². The molecule has 1 fully saturated rings. The van der Waals surface area contributed by atoms with Crippen LogP contribution < -0.4 is 11.3 Å². The van der Waals surface area contributed by atoms with E-state index in [1.54, 1.807) is 12.4 Å². The molecule has 1 aromatic heterocycles. The highest BCUT2D eigenvalue weighted by molar-refractivity contribution is 7.91. The number of rotatable bonds is 4. The van der Waals surface area contributed by atoms with Gasteiger partial charge in [0.25, 0.3) is 0 Å². The van der Waals surface area contributed by atoms with Crippen LogP contribution in [0.5, 0.6) is 0 Å². The van der Waals surface area contributed by atoms with Gasteiger partial charge in [-0.3, -0.25) is 16.3 Å². The van der Waals surface area contributed by atoms with E-state index in [1.807, 2.05) is 12.1 Å². The largest absolute Gasteiger partial charge is 0.271 e. The fraction of sp³-hybridized carbons (Fsp3) is 0.545. The molecule has 6 heteroatoms. The van der Waals surface area contributed by atoms with E-state index in [-0.39, 0.29) is 23.5 Å². The van der Waals surface area contributed by atoms with Crippen molar-refractivity contribution in [3.8, 4) is 0 Å². The van der Waals surface area contributed by atoms with E-state index in [0.29, 0.717) is 6.42 Å². The molecule has 0 aliphatic carbocycles. The number of aromatic nitrogens is 1. The molecule has 0 spiro atoms. The van der Waals surface area contributed by atoms with Gasteiger partial charge in [0.1, 0.15) is 0 Å². The number of hydrazine groups is 1. The molecule has 17 heavy (non-hydrogen) atoms. The molecular weight excluding hydrogens is 238 g/mol. The molecule has 2 rings (SSSR count). The Balaban J connectivity index is 2.03. The first kappa shape index (κ1) is 12.5. The quantitative estimate of drug-likeness (QED) is 0.579. The minimum Gasteiger partial charge on any atom is -0.271 e. The molecule has 1 aliphatic rings. The van der Waals surface area contributed by atoms with E-state index in [4.69, 9.17) is 5.84 Å². The van der Waals surface area contributed by atoms with Crippen LogP contribution in [0.15, 0.2) is 24.5 Å². The molecule has 1 aromatic rings. The van der Waals surface area contributed by atoms with Crippen molar-refractivity contribution < 1.29 is 8.42 Å². The van der Waals surface area contributed by atoms with E-state index in [1.165, 1.54) is 0 Å². The summed E-state index contributed by atoms with van der Waals surface area (Å²) in [5.41, 5.74) is 3.86. The molecule has 3 N–H and O–H groups in total.